The highest BCUT2D eigenvalue weighted by Crippen LogP contribution is 2.33. The first-order valence-corrected chi connectivity index (χ1v) is 11.0. The molecule has 1 amide bonds. The molecule has 0 spiro atoms. The average molecular weight is 447 g/mol. The van der Waals surface area contributed by atoms with Crippen LogP contribution in [0.4, 0.5) is 5.69 Å². The number of carbonyl (C=O) groups is 2. The lowest BCUT2D eigenvalue weighted by molar-refractivity contribution is -0.136. The number of carbonyl (C=O) groups excluding carboxylic acids is 1. The number of hydrogen-bond donors (Lipinski definition) is 2. The van der Waals surface area contributed by atoms with Gasteiger partial charge in [0.2, 0.25) is 0 Å². The number of benzene rings is 3. The highest BCUT2D eigenvalue weighted by molar-refractivity contribution is 8.18. The van der Waals surface area contributed by atoms with Gasteiger partial charge in [0.05, 0.1) is 23.1 Å². The first-order valence-electron chi connectivity index (χ1n) is 10.2. The third kappa shape index (κ3) is 5.18. The van der Waals surface area contributed by atoms with Gasteiger partial charge in [-0.2, -0.15) is 0 Å². The van der Waals surface area contributed by atoms with Crippen LogP contribution >= 0.6 is 11.8 Å². The summed E-state index contributed by atoms with van der Waals surface area (Å²) in [4.78, 5) is 28.5. The quantitative estimate of drug-likeness (QED) is 0.512. The zero-order valence-corrected chi connectivity index (χ0v) is 18.5. The molecule has 0 aromatic heterocycles. The molecular formula is C25H22N2O4S. The number of aliphatic carboxylic acids is 1. The molecule has 7 heteroatoms. The van der Waals surface area contributed by atoms with Crippen LogP contribution in [0.2, 0.25) is 0 Å². The summed E-state index contributed by atoms with van der Waals surface area (Å²) in [6.45, 7) is 3.93. The maximum Gasteiger partial charge on any atom is 0.307 e. The number of amidine groups is 1. The lowest BCUT2D eigenvalue weighted by Crippen LogP contribution is -2.19. The highest BCUT2D eigenvalue weighted by Gasteiger charge is 2.24. The van der Waals surface area contributed by atoms with E-state index in [-0.39, 0.29) is 18.4 Å². The number of fused-ring (bicyclic) bond motifs is 1. The molecule has 2 N–H and O–H groups in total. The average Bonchev–Trinajstić information content (AvgIpc) is 3.06. The Kier molecular flexibility index (Phi) is 6.28. The second-order valence-electron chi connectivity index (χ2n) is 7.63. The maximum atomic E-state index is 12.6. The van der Waals surface area contributed by atoms with Crippen LogP contribution in [-0.2, 0) is 16.0 Å². The van der Waals surface area contributed by atoms with Gasteiger partial charge in [0, 0.05) is 5.56 Å². The fourth-order valence-corrected chi connectivity index (χ4v) is 4.19. The molecule has 0 saturated carbocycles. The van der Waals surface area contributed by atoms with Gasteiger partial charge >= 0.3 is 5.97 Å². The van der Waals surface area contributed by atoms with Crippen molar-refractivity contribution in [2.24, 2.45) is 4.99 Å². The van der Waals surface area contributed by atoms with E-state index in [4.69, 9.17) is 9.84 Å². The monoisotopic (exact) mass is 446 g/mol. The molecule has 32 heavy (non-hydrogen) atoms. The number of ether oxygens (including phenoxy) is 1. The first kappa shape index (κ1) is 21.6. The van der Waals surface area contributed by atoms with E-state index in [2.05, 4.69) is 10.3 Å². The summed E-state index contributed by atoms with van der Waals surface area (Å²) in [6, 6.07) is 19.0. The number of hydrogen-bond acceptors (Lipinski definition) is 5. The van der Waals surface area contributed by atoms with Crippen LogP contribution < -0.4 is 10.1 Å². The molecule has 3 aromatic carbocycles. The van der Waals surface area contributed by atoms with Gasteiger partial charge in [0.25, 0.3) is 5.91 Å². The predicted molar refractivity (Wildman–Crippen MR) is 128 cm³/mol. The van der Waals surface area contributed by atoms with Crippen molar-refractivity contribution in [2.75, 3.05) is 0 Å². The van der Waals surface area contributed by atoms with Gasteiger partial charge in [-0.3, -0.25) is 9.59 Å². The number of aliphatic imine (C=N–C) groups is 1. The third-order valence-corrected chi connectivity index (χ3v) is 5.58. The van der Waals surface area contributed by atoms with Gasteiger partial charge < -0.3 is 15.2 Å². The van der Waals surface area contributed by atoms with Crippen LogP contribution in [0, 0.1) is 0 Å². The molecular weight excluding hydrogens is 424 g/mol. The molecule has 1 heterocycles. The Hall–Kier alpha value is -3.58. The Morgan fingerprint density at radius 2 is 1.88 bits per heavy atom. The zero-order valence-electron chi connectivity index (χ0n) is 17.7. The summed E-state index contributed by atoms with van der Waals surface area (Å²) >= 11 is 1.24. The van der Waals surface area contributed by atoms with E-state index in [0.29, 0.717) is 27.1 Å². The van der Waals surface area contributed by atoms with Gasteiger partial charge in [0.15, 0.2) is 5.17 Å². The number of nitrogens with zero attached hydrogens (tertiary/aromatic N) is 1. The highest BCUT2D eigenvalue weighted by atomic mass is 32.2. The Morgan fingerprint density at radius 1 is 1.12 bits per heavy atom. The predicted octanol–water partition coefficient (Wildman–Crippen LogP) is 5.15. The summed E-state index contributed by atoms with van der Waals surface area (Å²) in [6.07, 6.45) is 1.73. The van der Waals surface area contributed by atoms with Crippen LogP contribution in [0.1, 0.15) is 25.0 Å². The molecule has 6 nitrogen and oxygen atoms in total. The number of rotatable bonds is 6. The van der Waals surface area contributed by atoms with E-state index in [1.807, 2.05) is 56.3 Å². The van der Waals surface area contributed by atoms with Crippen molar-refractivity contribution in [3.8, 4) is 5.75 Å². The summed E-state index contributed by atoms with van der Waals surface area (Å²) in [5.41, 5.74) is 2.05. The Bertz CT molecular complexity index is 1260. The Labute approximate surface area is 190 Å². The zero-order chi connectivity index (χ0) is 22.7. The lowest BCUT2D eigenvalue weighted by atomic mass is 10.1. The van der Waals surface area contributed by atoms with Crippen molar-refractivity contribution >= 4 is 51.3 Å². The standard InChI is InChI=1S/C25H22N2O4S/c1-15(2)31-21-13-18-8-4-3-7-17(18)12-19(21)14-22-24(30)27-25(32-22)26-20-9-5-6-16(10-20)11-23(28)29/h3-10,12-15H,11H2,1-2H3,(H,28,29)(H,26,27,30)/b22-14+. The lowest BCUT2D eigenvalue weighted by Gasteiger charge is -2.14. The van der Waals surface area contributed by atoms with Crippen LogP contribution in [0.25, 0.3) is 16.8 Å². The summed E-state index contributed by atoms with van der Waals surface area (Å²) in [7, 11) is 0. The molecule has 1 aliphatic heterocycles. The van der Waals surface area contributed by atoms with E-state index in [1.165, 1.54) is 11.8 Å². The smallest absolute Gasteiger partial charge is 0.307 e. The third-order valence-electron chi connectivity index (χ3n) is 4.67. The fourth-order valence-electron chi connectivity index (χ4n) is 3.36. The molecule has 0 atom stereocenters. The van der Waals surface area contributed by atoms with E-state index in [1.54, 1.807) is 24.3 Å². The second-order valence-corrected chi connectivity index (χ2v) is 8.66. The minimum atomic E-state index is -0.904. The molecule has 1 aliphatic rings. The Balaban J connectivity index is 1.64. The number of thioether (sulfide) groups is 1. The summed E-state index contributed by atoms with van der Waals surface area (Å²) in [5.74, 6) is -0.427. The second kappa shape index (κ2) is 9.28. The van der Waals surface area contributed by atoms with Crippen molar-refractivity contribution in [1.82, 2.24) is 5.32 Å². The van der Waals surface area contributed by atoms with Gasteiger partial charge in [0.1, 0.15) is 5.75 Å². The van der Waals surface area contributed by atoms with Crippen LogP contribution in [0.3, 0.4) is 0 Å². The first-order chi connectivity index (χ1) is 15.4. The molecule has 1 saturated heterocycles. The molecule has 0 bridgehead atoms. The van der Waals surface area contributed by atoms with E-state index in [0.717, 1.165) is 16.3 Å². The van der Waals surface area contributed by atoms with Crippen molar-refractivity contribution in [1.29, 1.82) is 0 Å². The largest absolute Gasteiger partial charge is 0.490 e. The molecule has 162 valence electrons. The van der Waals surface area contributed by atoms with Crippen molar-refractivity contribution in [2.45, 2.75) is 26.4 Å². The topological polar surface area (TPSA) is 88.0 Å². The number of amides is 1. The van der Waals surface area contributed by atoms with Crippen LogP contribution in [0.15, 0.2) is 70.6 Å². The van der Waals surface area contributed by atoms with Gasteiger partial charge in [-0.15, -0.1) is 0 Å². The van der Waals surface area contributed by atoms with E-state index in [9.17, 15) is 9.59 Å². The minimum Gasteiger partial charge on any atom is -0.490 e. The SMILES string of the molecule is CC(C)Oc1cc2ccccc2cc1/C=C1/SC(=Nc2cccc(CC(=O)O)c2)NC1=O. The molecule has 4 rings (SSSR count). The van der Waals surface area contributed by atoms with E-state index < -0.39 is 5.97 Å². The van der Waals surface area contributed by atoms with E-state index >= 15 is 0 Å². The normalized spacial score (nSPS) is 16.2. The van der Waals surface area contributed by atoms with Crippen LogP contribution in [0.5, 0.6) is 5.75 Å². The van der Waals surface area contributed by atoms with Crippen molar-refractivity contribution < 1.29 is 19.4 Å². The summed E-state index contributed by atoms with van der Waals surface area (Å²) < 4.78 is 6.00. The van der Waals surface area contributed by atoms with Gasteiger partial charge in [-0.25, -0.2) is 4.99 Å². The van der Waals surface area contributed by atoms with Gasteiger partial charge in [-0.1, -0.05) is 36.4 Å². The molecule has 0 unspecified atom stereocenters. The summed E-state index contributed by atoms with van der Waals surface area (Å²) in [5, 5.41) is 14.3. The van der Waals surface area contributed by atoms with Crippen molar-refractivity contribution in [3.63, 3.8) is 0 Å². The van der Waals surface area contributed by atoms with Crippen LogP contribution in [-0.4, -0.2) is 28.3 Å². The fraction of sp³-hybridized carbons (Fsp3) is 0.160. The number of nitrogens with one attached hydrogen (secondary N) is 1. The minimum absolute atomic E-state index is 0.00595. The number of carboxylic acids is 1. The maximum absolute atomic E-state index is 12.6. The van der Waals surface area contributed by atoms with Gasteiger partial charge in [-0.05, 0) is 72.3 Å². The van der Waals surface area contributed by atoms with Crippen molar-refractivity contribution in [3.05, 3.63) is 76.7 Å². The molecule has 3 aromatic rings. The molecule has 0 aliphatic carbocycles. The molecule has 0 radical (unpaired) electrons. The molecule has 1 fully saturated rings. The Morgan fingerprint density at radius 3 is 2.59 bits per heavy atom. The number of carboxylic acid groups (broad SMARTS) is 1.